The van der Waals surface area contributed by atoms with Crippen LogP contribution in [0.3, 0.4) is 0 Å². The molecule has 0 radical (unpaired) electrons. The summed E-state index contributed by atoms with van der Waals surface area (Å²) in [5, 5.41) is 9.76. The van der Waals surface area contributed by atoms with Gasteiger partial charge in [0.2, 0.25) is 5.90 Å². The Kier molecular flexibility index (Phi) is 3.52. The van der Waals surface area contributed by atoms with Crippen molar-refractivity contribution in [2.75, 3.05) is 13.2 Å². The number of hydrogen-bond donors (Lipinski definition) is 1. The largest absolute Gasteiger partial charge is 0.475 e. The van der Waals surface area contributed by atoms with Gasteiger partial charge in [-0.3, -0.25) is 0 Å². The lowest BCUT2D eigenvalue weighted by atomic mass is 9.93. The maximum absolute atomic E-state index is 9.76. The van der Waals surface area contributed by atoms with Crippen molar-refractivity contribution in [2.24, 2.45) is 4.99 Å². The number of aliphatic hydroxyl groups excluding tert-OH is 1. The second-order valence-electron chi connectivity index (χ2n) is 5.12. The lowest BCUT2D eigenvalue weighted by Crippen LogP contribution is -2.35. The molecule has 1 N–H and O–H groups in total. The van der Waals surface area contributed by atoms with Crippen LogP contribution in [0.5, 0.6) is 0 Å². The Morgan fingerprint density at radius 1 is 1.00 bits per heavy atom. The van der Waals surface area contributed by atoms with Crippen molar-refractivity contribution in [3.63, 3.8) is 0 Å². The molecule has 0 spiro atoms. The Labute approximate surface area is 118 Å². The minimum atomic E-state index is -0.563. The van der Waals surface area contributed by atoms with Crippen molar-refractivity contribution in [3.8, 4) is 0 Å². The number of nitrogens with zero attached hydrogens (tertiary/aromatic N) is 1. The summed E-state index contributed by atoms with van der Waals surface area (Å²) in [7, 11) is 0. The zero-order valence-corrected chi connectivity index (χ0v) is 11.2. The van der Waals surface area contributed by atoms with E-state index in [0.29, 0.717) is 18.9 Å². The van der Waals surface area contributed by atoms with Crippen LogP contribution in [0.1, 0.15) is 11.1 Å². The van der Waals surface area contributed by atoms with Gasteiger partial charge < -0.3 is 9.84 Å². The lowest BCUT2D eigenvalue weighted by Gasteiger charge is -2.21. The van der Waals surface area contributed by atoms with Crippen LogP contribution in [0.15, 0.2) is 65.7 Å². The lowest BCUT2D eigenvalue weighted by molar-refractivity contribution is 0.157. The van der Waals surface area contributed by atoms with Crippen LogP contribution in [-0.4, -0.2) is 29.8 Å². The summed E-state index contributed by atoms with van der Waals surface area (Å²) in [6, 6.07) is 19.9. The van der Waals surface area contributed by atoms with Crippen LogP contribution in [0.25, 0.3) is 0 Å². The molecule has 0 bridgehead atoms. The molecular formula is C17H17NO2. The molecule has 0 fully saturated rings. The molecule has 1 aliphatic rings. The molecule has 3 heteroatoms. The topological polar surface area (TPSA) is 41.8 Å². The third kappa shape index (κ3) is 2.58. The Hall–Kier alpha value is -2.13. The van der Waals surface area contributed by atoms with E-state index in [4.69, 9.17) is 4.74 Å². The molecular weight excluding hydrogens is 250 g/mol. The Balaban J connectivity index is 1.86. The van der Waals surface area contributed by atoms with Gasteiger partial charge in [-0.1, -0.05) is 48.5 Å². The van der Waals surface area contributed by atoms with E-state index in [2.05, 4.69) is 4.99 Å². The quantitative estimate of drug-likeness (QED) is 0.924. The minimum Gasteiger partial charge on any atom is -0.475 e. The van der Waals surface area contributed by atoms with E-state index in [-0.39, 0.29) is 6.61 Å². The highest BCUT2D eigenvalue weighted by atomic mass is 16.5. The van der Waals surface area contributed by atoms with Crippen molar-refractivity contribution in [2.45, 2.75) is 12.0 Å². The van der Waals surface area contributed by atoms with E-state index in [1.165, 1.54) is 0 Å². The molecule has 0 amide bonds. The highest BCUT2D eigenvalue weighted by molar-refractivity contribution is 5.95. The zero-order valence-electron chi connectivity index (χ0n) is 11.2. The van der Waals surface area contributed by atoms with Gasteiger partial charge in [-0.2, -0.15) is 0 Å². The Morgan fingerprint density at radius 2 is 1.65 bits per heavy atom. The summed E-state index contributed by atoms with van der Waals surface area (Å²) in [5.41, 5.74) is 1.55. The van der Waals surface area contributed by atoms with Crippen LogP contribution in [0.4, 0.5) is 0 Å². The molecule has 3 nitrogen and oxygen atoms in total. The van der Waals surface area contributed by atoms with E-state index >= 15 is 0 Å². The molecule has 0 aliphatic carbocycles. The number of hydrogen-bond acceptors (Lipinski definition) is 3. The van der Waals surface area contributed by atoms with Crippen molar-refractivity contribution in [3.05, 3.63) is 71.8 Å². The average molecular weight is 267 g/mol. The van der Waals surface area contributed by atoms with Crippen LogP contribution >= 0.6 is 0 Å². The van der Waals surface area contributed by atoms with Gasteiger partial charge in [0.15, 0.2) is 0 Å². The van der Waals surface area contributed by atoms with Gasteiger partial charge in [-0.15, -0.1) is 0 Å². The summed E-state index contributed by atoms with van der Waals surface area (Å²) in [4.78, 5) is 4.65. The van der Waals surface area contributed by atoms with E-state index < -0.39 is 5.54 Å². The number of ether oxygens (including phenoxy) is 1. The van der Waals surface area contributed by atoms with Gasteiger partial charge in [0, 0.05) is 12.0 Å². The van der Waals surface area contributed by atoms with Crippen LogP contribution in [-0.2, 0) is 11.2 Å². The summed E-state index contributed by atoms with van der Waals surface area (Å²) in [6.07, 6.45) is 0.681. The fourth-order valence-electron chi connectivity index (χ4n) is 2.41. The van der Waals surface area contributed by atoms with Crippen LogP contribution < -0.4 is 0 Å². The van der Waals surface area contributed by atoms with Gasteiger partial charge in [-0.05, 0) is 17.7 Å². The van der Waals surface area contributed by atoms with Gasteiger partial charge in [0.25, 0.3) is 0 Å². The highest BCUT2D eigenvalue weighted by Gasteiger charge is 2.36. The van der Waals surface area contributed by atoms with E-state index in [0.717, 1.165) is 11.1 Å². The molecule has 102 valence electrons. The van der Waals surface area contributed by atoms with E-state index in [1.807, 2.05) is 60.7 Å². The van der Waals surface area contributed by atoms with Crippen molar-refractivity contribution < 1.29 is 9.84 Å². The first-order valence-corrected chi connectivity index (χ1v) is 6.74. The first-order valence-electron chi connectivity index (χ1n) is 6.74. The maximum Gasteiger partial charge on any atom is 0.216 e. The smallest absolute Gasteiger partial charge is 0.216 e. The standard InChI is InChI=1S/C17H17NO2/c19-12-17(11-14-7-3-1-4-8-14)13-20-16(18-17)15-9-5-2-6-10-15/h1-10,19H,11-13H2. The molecule has 0 saturated heterocycles. The minimum absolute atomic E-state index is 0.0156. The molecule has 1 atom stereocenters. The molecule has 0 saturated carbocycles. The predicted molar refractivity (Wildman–Crippen MR) is 78.9 cm³/mol. The second-order valence-corrected chi connectivity index (χ2v) is 5.12. The molecule has 1 unspecified atom stereocenters. The van der Waals surface area contributed by atoms with E-state index in [1.54, 1.807) is 0 Å². The van der Waals surface area contributed by atoms with Crippen molar-refractivity contribution in [1.29, 1.82) is 0 Å². The predicted octanol–water partition coefficient (Wildman–Crippen LogP) is 2.44. The third-order valence-corrected chi connectivity index (χ3v) is 3.51. The molecule has 1 aliphatic heterocycles. The van der Waals surface area contributed by atoms with Crippen LogP contribution in [0.2, 0.25) is 0 Å². The van der Waals surface area contributed by atoms with E-state index in [9.17, 15) is 5.11 Å². The first kappa shape index (κ1) is 12.9. The average Bonchev–Trinajstić information content (AvgIpc) is 2.94. The number of aliphatic hydroxyl groups is 1. The normalized spacial score (nSPS) is 21.4. The number of aliphatic imine (C=N–C) groups is 1. The summed E-state index contributed by atoms with van der Waals surface area (Å²) in [5.74, 6) is 0.621. The Bertz CT molecular complexity index is 595. The fourth-order valence-corrected chi connectivity index (χ4v) is 2.41. The van der Waals surface area contributed by atoms with Crippen molar-refractivity contribution in [1.82, 2.24) is 0 Å². The molecule has 1 heterocycles. The monoisotopic (exact) mass is 267 g/mol. The SMILES string of the molecule is OCC1(Cc2ccccc2)COC(c2ccccc2)=N1. The van der Waals surface area contributed by atoms with Gasteiger partial charge in [-0.25, -0.2) is 4.99 Å². The molecule has 2 aromatic carbocycles. The maximum atomic E-state index is 9.76. The number of rotatable bonds is 4. The third-order valence-electron chi connectivity index (χ3n) is 3.51. The summed E-state index contributed by atoms with van der Waals surface area (Å²) >= 11 is 0. The Morgan fingerprint density at radius 3 is 2.30 bits per heavy atom. The van der Waals surface area contributed by atoms with Crippen molar-refractivity contribution >= 4 is 5.90 Å². The molecule has 2 aromatic rings. The molecule has 20 heavy (non-hydrogen) atoms. The highest BCUT2D eigenvalue weighted by Crippen LogP contribution is 2.25. The molecule has 0 aromatic heterocycles. The fraction of sp³-hybridized carbons (Fsp3) is 0.235. The van der Waals surface area contributed by atoms with Gasteiger partial charge in [0.05, 0.1) is 6.61 Å². The second kappa shape index (κ2) is 5.47. The summed E-state index contributed by atoms with van der Waals surface area (Å²) in [6.45, 7) is 0.404. The summed E-state index contributed by atoms with van der Waals surface area (Å²) < 4.78 is 5.71. The zero-order chi connectivity index (χ0) is 13.8. The first-order chi connectivity index (χ1) is 9.81. The molecule has 3 rings (SSSR count). The van der Waals surface area contributed by atoms with Crippen LogP contribution in [0, 0.1) is 0 Å². The number of benzene rings is 2. The van der Waals surface area contributed by atoms with Gasteiger partial charge in [0.1, 0.15) is 12.1 Å². The van der Waals surface area contributed by atoms with Gasteiger partial charge >= 0.3 is 0 Å².